The lowest BCUT2D eigenvalue weighted by Gasteiger charge is -2.41. The van der Waals surface area contributed by atoms with E-state index in [0.717, 1.165) is 23.4 Å². The van der Waals surface area contributed by atoms with Crippen molar-refractivity contribution in [2.24, 2.45) is 23.7 Å². The molecule has 1 aliphatic rings. The molecule has 1 aromatic carbocycles. The number of thiazole rings is 1. The minimum absolute atomic E-state index is 0.00702. The first-order valence-electron chi connectivity index (χ1n) is 19.5. The van der Waals surface area contributed by atoms with E-state index in [1.165, 1.54) is 11.3 Å². The van der Waals surface area contributed by atoms with Crippen LogP contribution in [0.4, 0.5) is 0 Å². The van der Waals surface area contributed by atoms with Crippen LogP contribution in [0.5, 0.6) is 0 Å². The number of hydrogen-bond acceptors (Lipinski definition) is 9. The largest absolute Gasteiger partial charge is 0.379 e. The van der Waals surface area contributed by atoms with E-state index in [0.29, 0.717) is 19.4 Å². The molecule has 0 saturated carbocycles. The SMILES string of the molecule is CC[C@H](C)[C@@H]([C@@H](CC(=O)N1CCC[C@H]1[C@H](OC)[C@@H](C)C(=O)NC(Cc1ccccc1)c1nccs1)OC)N(C)C(=O)[C@@H](NC(=O)[C@@H](NC)C(C)C)C(C)C. The average molecular weight is 771 g/mol. The Morgan fingerprint density at radius 1 is 0.963 bits per heavy atom. The van der Waals surface area contributed by atoms with E-state index in [4.69, 9.17) is 9.47 Å². The third-order valence-electron chi connectivity index (χ3n) is 11.1. The number of nitrogens with one attached hydrogen (secondary N) is 3. The standard InChI is InChI=1S/C41H66N6O6S/c1-12-27(6)36(46(9)41(51)35(26(4)5)45-39(50)34(42-8)25(2)3)32(52-10)24-33(48)47-21-16-19-31(47)37(53-11)28(7)38(49)44-30(40-43-20-22-54-40)23-29-17-14-13-15-18-29/h13-15,17-18,20,22,25-28,30-32,34-37,42H,12,16,19,21,23-24H2,1-11H3,(H,44,49)(H,45,50)/t27-,28+,30?,31-,32+,34-,35-,36-,37+/m0/s1. The van der Waals surface area contributed by atoms with E-state index in [1.54, 1.807) is 39.4 Å². The van der Waals surface area contributed by atoms with Gasteiger partial charge in [-0.25, -0.2) is 4.98 Å². The van der Waals surface area contributed by atoms with Gasteiger partial charge in [0.2, 0.25) is 23.6 Å². The van der Waals surface area contributed by atoms with Gasteiger partial charge in [-0.15, -0.1) is 11.3 Å². The van der Waals surface area contributed by atoms with Crippen LogP contribution in [0.1, 0.15) is 90.8 Å². The van der Waals surface area contributed by atoms with Crippen molar-refractivity contribution in [1.82, 2.24) is 30.7 Å². The number of aromatic nitrogens is 1. The second-order valence-corrected chi connectivity index (χ2v) is 16.4. The molecule has 54 heavy (non-hydrogen) atoms. The molecule has 12 nitrogen and oxygen atoms in total. The maximum Gasteiger partial charge on any atom is 0.245 e. The number of carbonyl (C=O) groups excluding carboxylic acids is 4. The molecule has 2 aromatic rings. The number of hydrogen-bond donors (Lipinski definition) is 3. The second-order valence-electron chi connectivity index (χ2n) is 15.5. The summed E-state index contributed by atoms with van der Waals surface area (Å²) in [5, 5.41) is 12.0. The van der Waals surface area contributed by atoms with E-state index < -0.39 is 36.3 Å². The Morgan fingerprint density at radius 2 is 1.63 bits per heavy atom. The second kappa shape index (κ2) is 21.6. The highest BCUT2D eigenvalue weighted by atomic mass is 32.1. The molecule has 0 spiro atoms. The molecule has 1 aliphatic heterocycles. The van der Waals surface area contributed by atoms with E-state index in [1.807, 2.05) is 75.2 Å². The fraction of sp³-hybridized carbons (Fsp3) is 0.683. The first-order chi connectivity index (χ1) is 25.7. The number of carbonyl (C=O) groups is 4. The Bertz CT molecular complexity index is 1460. The van der Waals surface area contributed by atoms with Crippen LogP contribution in [-0.2, 0) is 35.1 Å². The zero-order valence-electron chi connectivity index (χ0n) is 34.3. The fourth-order valence-corrected chi connectivity index (χ4v) is 8.50. The summed E-state index contributed by atoms with van der Waals surface area (Å²) in [4.78, 5) is 63.6. The maximum absolute atomic E-state index is 14.3. The van der Waals surface area contributed by atoms with Gasteiger partial charge in [0.25, 0.3) is 0 Å². The van der Waals surface area contributed by atoms with Gasteiger partial charge in [-0.2, -0.15) is 0 Å². The van der Waals surface area contributed by atoms with Gasteiger partial charge in [0.05, 0.1) is 48.7 Å². The van der Waals surface area contributed by atoms with E-state index in [2.05, 4.69) is 34.8 Å². The molecule has 0 radical (unpaired) electrons. The highest BCUT2D eigenvalue weighted by Gasteiger charge is 2.43. The molecule has 13 heteroatoms. The highest BCUT2D eigenvalue weighted by molar-refractivity contribution is 7.09. The molecule has 1 fully saturated rings. The smallest absolute Gasteiger partial charge is 0.245 e. The minimum atomic E-state index is -0.752. The van der Waals surface area contributed by atoms with Crippen LogP contribution < -0.4 is 16.0 Å². The molecule has 3 rings (SSSR count). The van der Waals surface area contributed by atoms with Gasteiger partial charge >= 0.3 is 0 Å². The number of amides is 4. The molecular formula is C41H66N6O6S. The number of ether oxygens (including phenoxy) is 2. The van der Waals surface area contributed by atoms with Crippen molar-refractivity contribution in [3.05, 3.63) is 52.5 Å². The molecule has 0 bridgehead atoms. The van der Waals surface area contributed by atoms with Gasteiger partial charge in [0.1, 0.15) is 11.0 Å². The summed E-state index contributed by atoms with van der Waals surface area (Å²) in [6, 6.07) is 7.77. The van der Waals surface area contributed by atoms with Gasteiger partial charge < -0.3 is 35.2 Å². The number of benzene rings is 1. The van der Waals surface area contributed by atoms with Crippen LogP contribution in [0, 0.1) is 23.7 Å². The number of nitrogens with zero attached hydrogens (tertiary/aromatic N) is 3. The number of methoxy groups -OCH3 is 2. The van der Waals surface area contributed by atoms with Crippen LogP contribution in [-0.4, -0.2) is 110 Å². The normalized spacial score (nSPS) is 19.1. The van der Waals surface area contributed by atoms with E-state index >= 15 is 0 Å². The van der Waals surface area contributed by atoms with Crippen molar-refractivity contribution in [2.75, 3.05) is 34.9 Å². The quantitative estimate of drug-likeness (QED) is 0.164. The van der Waals surface area contributed by atoms with Crippen molar-refractivity contribution in [3.8, 4) is 0 Å². The van der Waals surface area contributed by atoms with Crippen LogP contribution in [0.3, 0.4) is 0 Å². The molecule has 1 aromatic heterocycles. The molecule has 0 aliphatic carbocycles. The Morgan fingerprint density at radius 3 is 2.17 bits per heavy atom. The van der Waals surface area contributed by atoms with Crippen LogP contribution in [0.25, 0.3) is 0 Å². The monoisotopic (exact) mass is 770 g/mol. The molecular weight excluding hydrogens is 705 g/mol. The van der Waals surface area contributed by atoms with Gasteiger partial charge in [0, 0.05) is 39.4 Å². The Labute approximate surface area is 327 Å². The Balaban J connectivity index is 1.78. The predicted octanol–water partition coefficient (Wildman–Crippen LogP) is 4.85. The lowest BCUT2D eigenvalue weighted by Crippen LogP contribution is -2.59. The Kier molecular flexibility index (Phi) is 18.0. The van der Waals surface area contributed by atoms with Gasteiger partial charge in [-0.05, 0) is 49.6 Å². The molecule has 4 amide bonds. The molecule has 302 valence electrons. The van der Waals surface area contributed by atoms with Crippen molar-refractivity contribution in [1.29, 1.82) is 0 Å². The van der Waals surface area contributed by atoms with Crippen molar-refractivity contribution in [3.63, 3.8) is 0 Å². The Hall–Kier alpha value is -3.39. The first kappa shape index (κ1) is 45.0. The van der Waals surface area contributed by atoms with Crippen molar-refractivity contribution < 1.29 is 28.7 Å². The number of likely N-dealkylation sites (tertiary alicyclic amines) is 1. The average Bonchev–Trinajstić information content (AvgIpc) is 3.87. The molecule has 3 N–H and O–H groups in total. The highest BCUT2D eigenvalue weighted by Crippen LogP contribution is 2.30. The lowest BCUT2D eigenvalue weighted by molar-refractivity contribution is -0.147. The number of likely N-dealkylation sites (N-methyl/N-ethyl adjacent to an activating group) is 2. The molecule has 9 atom stereocenters. The van der Waals surface area contributed by atoms with Crippen molar-refractivity contribution in [2.45, 2.75) is 123 Å². The lowest BCUT2D eigenvalue weighted by atomic mass is 9.89. The summed E-state index contributed by atoms with van der Waals surface area (Å²) in [6.07, 6.45) is 3.48. The topological polar surface area (TPSA) is 142 Å². The zero-order valence-corrected chi connectivity index (χ0v) is 35.2. The first-order valence-corrected chi connectivity index (χ1v) is 20.4. The summed E-state index contributed by atoms with van der Waals surface area (Å²) >= 11 is 1.51. The minimum Gasteiger partial charge on any atom is -0.379 e. The molecule has 2 heterocycles. The summed E-state index contributed by atoms with van der Waals surface area (Å²) in [5.41, 5.74) is 1.09. The summed E-state index contributed by atoms with van der Waals surface area (Å²) in [5.74, 6) is -1.41. The number of rotatable bonds is 21. The maximum atomic E-state index is 14.3. The fourth-order valence-electron chi connectivity index (χ4n) is 7.81. The van der Waals surface area contributed by atoms with Gasteiger partial charge in [0.15, 0.2) is 0 Å². The summed E-state index contributed by atoms with van der Waals surface area (Å²) in [7, 11) is 6.65. The molecule has 1 unspecified atom stereocenters. The van der Waals surface area contributed by atoms with Crippen LogP contribution in [0.2, 0.25) is 0 Å². The van der Waals surface area contributed by atoms with E-state index in [-0.39, 0.29) is 59.9 Å². The third kappa shape index (κ3) is 11.6. The molecule has 1 saturated heterocycles. The van der Waals surface area contributed by atoms with Crippen LogP contribution in [0.15, 0.2) is 41.9 Å². The third-order valence-corrected chi connectivity index (χ3v) is 12.0. The van der Waals surface area contributed by atoms with E-state index in [9.17, 15) is 19.2 Å². The van der Waals surface area contributed by atoms with Crippen molar-refractivity contribution >= 4 is 35.0 Å². The van der Waals surface area contributed by atoms with Gasteiger partial charge in [-0.3, -0.25) is 19.2 Å². The van der Waals surface area contributed by atoms with Crippen LogP contribution >= 0.6 is 11.3 Å². The summed E-state index contributed by atoms with van der Waals surface area (Å²) in [6.45, 7) is 14.3. The zero-order chi connectivity index (χ0) is 40.1. The summed E-state index contributed by atoms with van der Waals surface area (Å²) < 4.78 is 12.1. The predicted molar refractivity (Wildman–Crippen MR) is 214 cm³/mol. The van der Waals surface area contributed by atoms with Gasteiger partial charge in [-0.1, -0.05) is 85.2 Å².